The highest BCUT2D eigenvalue weighted by atomic mass is 16.5. The average Bonchev–Trinajstić information content (AvgIpc) is 3.26. The van der Waals surface area contributed by atoms with Crippen LogP contribution in [0, 0.1) is 17.3 Å². The number of fused-ring (bicyclic) bond motifs is 1. The molecule has 8 nitrogen and oxygen atoms in total. The van der Waals surface area contributed by atoms with Crippen molar-refractivity contribution < 1.29 is 34.1 Å². The summed E-state index contributed by atoms with van der Waals surface area (Å²) in [6.45, 7) is 8.54. The van der Waals surface area contributed by atoms with Gasteiger partial charge in [0, 0.05) is 12.3 Å². The normalized spacial score (nSPS) is 29.1. The van der Waals surface area contributed by atoms with Gasteiger partial charge in [-0.15, -0.1) is 0 Å². The molecule has 3 rings (SSSR count). The molecule has 2 aromatic rings. The largest absolute Gasteiger partial charge is 0.457 e. The first-order chi connectivity index (χ1) is 16.9. The van der Waals surface area contributed by atoms with Gasteiger partial charge in [-0.25, -0.2) is 4.98 Å². The molecule has 0 bridgehead atoms. The fourth-order valence-electron chi connectivity index (χ4n) is 4.81. The van der Waals surface area contributed by atoms with Crippen molar-refractivity contribution in [1.82, 2.24) is 4.98 Å². The summed E-state index contributed by atoms with van der Waals surface area (Å²) in [6.07, 6.45) is 1.86. The highest BCUT2D eigenvalue weighted by Gasteiger charge is 2.42. The molecule has 3 unspecified atom stereocenters. The van der Waals surface area contributed by atoms with Crippen molar-refractivity contribution in [2.45, 2.75) is 91.6 Å². The van der Waals surface area contributed by atoms with E-state index < -0.39 is 35.6 Å². The predicted molar refractivity (Wildman–Crippen MR) is 135 cm³/mol. The molecule has 0 amide bonds. The molecule has 8 heteroatoms. The number of nitrogens with zero attached hydrogens (tertiary/aromatic N) is 1. The number of oxazole rings is 1. The maximum absolute atomic E-state index is 13.2. The van der Waals surface area contributed by atoms with Crippen LogP contribution in [-0.2, 0) is 20.9 Å². The lowest BCUT2D eigenvalue weighted by atomic mass is 9.73. The van der Waals surface area contributed by atoms with Crippen LogP contribution in [0.2, 0.25) is 0 Å². The van der Waals surface area contributed by atoms with Gasteiger partial charge in [-0.2, -0.15) is 0 Å². The van der Waals surface area contributed by atoms with Crippen molar-refractivity contribution in [2.24, 2.45) is 17.3 Å². The molecule has 1 aromatic heterocycles. The number of ketones is 1. The lowest BCUT2D eigenvalue weighted by Gasteiger charge is -2.34. The molecule has 0 spiro atoms. The van der Waals surface area contributed by atoms with E-state index in [1.165, 1.54) is 0 Å². The molecule has 0 fully saturated rings. The van der Waals surface area contributed by atoms with E-state index in [1.54, 1.807) is 39.0 Å². The number of hydrogen-bond acceptors (Lipinski definition) is 8. The number of hydrogen-bond donors (Lipinski definition) is 3. The first kappa shape index (κ1) is 28.0. The minimum atomic E-state index is -1.27. The lowest BCUT2D eigenvalue weighted by molar-refractivity contribution is -0.155. The third-order valence-corrected chi connectivity index (χ3v) is 7.48. The van der Waals surface area contributed by atoms with E-state index >= 15 is 0 Å². The van der Waals surface area contributed by atoms with Gasteiger partial charge in [0.1, 0.15) is 24.0 Å². The van der Waals surface area contributed by atoms with Crippen molar-refractivity contribution in [1.29, 1.82) is 0 Å². The summed E-state index contributed by atoms with van der Waals surface area (Å²) in [6, 6.07) is 5.29. The van der Waals surface area contributed by atoms with Gasteiger partial charge in [-0.3, -0.25) is 9.59 Å². The minimum Gasteiger partial charge on any atom is -0.457 e. The first-order valence-corrected chi connectivity index (χ1v) is 12.7. The summed E-state index contributed by atoms with van der Waals surface area (Å²) in [5, 5.41) is 31.0. The Morgan fingerprint density at radius 2 is 1.89 bits per heavy atom. The Kier molecular flexibility index (Phi) is 9.08. The summed E-state index contributed by atoms with van der Waals surface area (Å²) < 4.78 is 11.3. The molecule has 36 heavy (non-hydrogen) atoms. The summed E-state index contributed by atoms with van der Waals surface area (Å²) in [5.41, 5.74) is 1.70. The van der Waals surface area contributed by atoms with Gasteiger partial charge < -0.3 is 24.5 Å². The third kappa shape index (κ3) is 6.41. The van der Waals surface area contributed by atoms with Crippen molar-refractivity contribution >= 4 is 22.9 Å². The number of carbonyl (C=O) groups is 2. The standard InChI is InChI=1S/C28H39NO7/c1-16-7-6-8-17(2)26(33)18(3)27(34)28(4,5)23(31)14-25(32)36-21(11-9-16)19-10-12-22-20(13-19)29-24(15-30)35-22/h9-10,12-13,17-18,21,23,26,30-31,33H,6-8,11,14-15H2,1-5H3/t17?,18?,21-,23?,26-/m0/s1. The topological polar surface area (TPSA) is 130 Å². The molecule has 1 aromatic carbocycles. The molecule has 0 saturated carbocycles. The van der Waals surface area contributed by atoms with Crippen LogP contribution < -0.4 is 0 Å². The minimum absolute atomic E-state index is 0.0756. The molecular weight excluding hydrogens is 462 g/mol. The first-order valence-electron chi connectivity index (χ1n) is 12.7. The third-order valence-electron chi connectivity index (χ3n) is 7.48. The monoisotopic (exact) mass is 501 g/mol. The number of Topliss-reactive ketones (excluding diaryl/α,β-unsaturated/α-hetero) is 1. The molecule has 0 saturated heterocycles. The predicted octanol–water partition coefficient (Wildman–Crippen LogP) is 4.40. The Hall–Kier alpha value is -2.55. The number of rotatable bonds is 2. The number of ether oxygens (including phenoxy) is 1. The molecule has 0 radical (unpaired) electrons. The molecular formula is C28H39NO7. The maximum Gasteiger partial charge on any atom is 0.309 e. The van der Waals surface area contributed by atoms with E-state index in [9.17, 15) is 24.9 Å². The van der Waals surface area contributed by atoms with Gasteiger partial charge in [0.2, 0.25) is 5.89 Å². The molecule has 3 N–H and O–H groups in total. The lowest BCUT2D eigenvalue weighted by Crippen LogP contribution is -2.45. The van der Waals surface area contributed by atoms with Gasteiger partial charge in [0.05, 0.1) is 24.0 Å². The fourth-order valence-corrected chi connectivity index (χ4v) is 4.81. The van der Waals surface area contributed by atoms with E-state index in [-0.39, 0.29) is 30.6 Å². The van der Waals surface area contributed by atoms with Gasteiger partial charge in [-0.05, 0) is 49.8 Å². The fraction of sp³-hybridized carbons (Fsp3) is 0.607. The number of carbonyl (C=O) groups excluding carboxylic acids is 2. The number of cyclic esters (lactones) is 1. The molecule has 1 aliphatic heterocycles. The van der Waals surface area contributed by atoms with Crippen molar-refractivity contribution in [2.75, 3.05) is 0 Å². The van der Waals surface area contributed by atoms with Crippen LogP contribution >= 0.6 is 0 Å². The smallest absolute Gasteiger partial charge is 0.309 e. The van der Waals surface area contributed by atoms with E-state index in [4.69, 9.17) is 9.15 Å². The van der Waals surface area contributed by atoms with Crippen LogP contribution in [0.25, 0.3) is 11.1 Å². The molecule has 1 aliphatic rings. The number of esters is 1. The molecule has 0 aliphatic carbocycles. The van der Waals surface area contributed by atoms with Gasteiger partial charge in [0.25, 0.3) is 0 Å². The zero-order valence-electron chi connectivity index (χ0n) is 21.9. The van der Waals surface area contributed by atoms with Crippen LogP contribution in [0.4, 0.5) is 0 Å². The average molecular weight is 502 g/mol. The Morgan fingerprint density at radius 1 is 1.17 bits per heavy atom. The van der Waals surface area contributed by atoms with Crippen LogP contribution in [0.1, 0.15) is 84.3 Å². The summed E-state index contributed by atoms with van der Waals surface area (Å²) in [7, 11) is 0. The Balaban J connectivity index is 1.91. The summed E-state index contributed by atoms with van der Waals surface area (Å²) in [5.74, 6) is -1.44. The van der Waals surface area contributed by atoms with E-state index in [2.05, 4.69) is 4.98 Å². The van der Waals surface area contributed by atoms with E-state index in [0.717, 1.165) is 24.8 Å². The van der Waals surface area contributed by atoms with Gasteiger partial charge in [0.15, 0.2) is 5.58 Å². The summed E-state index contributed by atoms with van der Waals surface area (Å²) in [4.78, 5) is 30.4. The van der Waals surface area contributed by atoms with Crippen LogP contribution in [0.5, 0.6) is 0 Å². The highest BCUT2D eigenvalue weighted by molar-refractivity contribution is 5.88. The molecule has 198 valence electrons. The number of benzene rings is 1. The Labute approximate surface area is 212 Å². The van der Waals surface area contributed by atoms with Crippen LogP contribution in [-0.4, -0.2) is 44.3 Å². The van der Waals surface area contributed by atoms with Gasteiger partial charge >= 0.3 is 5.97 Å². The SMILES string of the molecule is CC1=CC[C@@H](c2ccc3oc(CO)nc3c2)OC(=O)CC(O)C(C)(C)C(=O)C(C)[C@@H](O)C(C)CCC1. The number of aromatic nitrogens is 1. The van der Waals surface area contributed by atoms with Gasteiger partial charge in [-0.1, -0.05) is 45.4 Å². The van der Waals surface area contributed by atoms with Crippen LogP contribution in [0.3, 0.4) is 0 Å². The highest BCUT2D eigenvalue weighted by Crippen LogP contribution is 2.33. The summed E-state index contributed by atoms with van der Waals surface area (Å²) >= 11 is 0. The number of allylic oxidation sites excluding steroid dienone is 1. The zero-order chi connectivity index (χ0) is 26.6. The number of aliphatic hydroxyl groups is 3. The number of aliphatic hydroxyl groups excluding tert-OH is 3. The second-order valence-electron chi connectivity index (χ2n) is 10.7. The quantitative estimate of drug-likeness (QED) is 0.408. The second-order valence-corrected chi connectivity index (χ2v) is 10.7. The zero-order valence-corrected chi connectivity index (χ0v) is 21.9. The molecule has 2 heterocycles. The van der Waals surface area contributed by atoms with E-state index in [0.29, 0.717) is 23.1 Å². The molecule has 5 atom stereocenters. The van der Waals surface area contributed by atoms with E-state index in [1.807, 2.05) is 19.9 Å². The Bertz CT molecular complexity index is 1100. The van der Waals surface area contributed by atoms with Crippen LogP contribution in [0.15, 0.2) is 34.3 Å². The van der Waals surface area contributed by atoms with Crippen molar-refractivity contribution in [3.8, 4) is 0 Å². The van der Waals surface area contributed by atoms with Crippen molar-refractivity contribution in [3.05, 3.63) is 41.3 Å². The van der Waals surface area contributed by atoms with Crippen molar-refractivity contribution in [3.63, 3.8) is 0 Å². The second kappa shape index (κ2) is 11.7. The Morgan fingerprint density at radius 3 is 2.58 bits per heavy atom. The maximum atomic E-state index is 13.2.